The Hall–Kier alpha value is -1.94. The first-order valence-electron chi connectivity index (χ1n) is 11.4. The third-order valence-electron chi connectivity index (χ3n) is 6.63. The number of benzene rings is 1. The SMILES string of the molecule is COC(=O)c1c(S(=O)(=O)N2CCCCC2)sc2c1CCN(Cc1cc(C)c(OC)cc1C)C2. The van der Waals surface area contributed by atoms with Crippen molar-refractivity contribution in [1.82, 2.24) is 9.21 Å². The van der Waals surface area contributed by atoms with Gasteiger partial charge in [0.25, 0.3) is 10.0 Å². The molecule has 0 atom stereocenters. The fourth-order valence-electron chi connectivity index (χ4n) is 4.76. The minimum Gasteiger partial charge on any atom is -0.496 e. The predicted octanol–water partition coefficient (Wildman–Crippen LogP) is 3.89. The molecule has 0 N–H and O–H groups in total. The second kappa shape index (κ2) is 9.74. The van der Waals surface area contributed by atoms with Gasteiger partial charge >= 0.3 is 5.97 Å². The Kier molecular flexibility index (Phi) is 7.14. The van der Waals surface area contributed by atoms with E-state index in [0.29, 0.717) is 26.1 Å². The Bertz CT molecular complexity index is 1150. The van der Waals surface area contributed by atoms with Crippen LogP contribution in [0.3, 0.4) is 0 Å². The van der Waals surface area contributed by atoms with E-state index in [-0.39, 0.29) is 9.77 Å². The lowest BCUT2D eigenvalue weighted by atomic mass is 10.0. The number of hydrogen-bond donors (Lipinski definition) is 0. The molecule has 2 aliphatic rings. The summed E-state index contributed by atoms with van der Waals surface area (Å²) < 4.78 is 39.1. The summed E-state index contributed by atoms with van der Waals surface area (Å²) in [5.41, 5.74) is 4.57. The predicted molar refractivity (Wildman–Crippen MR) is 129 cm³/mol. The minimum absolute atomic E-state index is 0.152. The van der Waals surface area contributed by atoms with Crippen LogP contribution in [-0.2, 0) is 34.3 Å². The van der Waals surface area contributed by atoms with Crippen LogP contribution in [0.1, 0.15) is 56.8 Å². The van der Waals surface area contributed by atoms with E-state index in [0.717, 1.165) is 59.7 Å². The summed E-state index contributed by atoms with van der Waals surface area (Å²) in [6, 6.07) is 4.22. The molecule has 7 nitrogen and oxygen atoms in total. The van der Waals surface area contributed by atoms with E-state index in [9.17, 15) is 13.2 Å². The lowest BCUT2D eigenvalue weighted by Gasteiger charge is -2.28. The number of carbonyl (C=O) groups excluding carboxylic acids is 1. The average Bonchev–Trinajstić information content (AvgIpc) is 3.21. The van der Waals surface area contributed by atoms with Gasteiger partial charge in [-0.15, -0.1) is 11.3 Å². The van der Waals surface area contributed by atoms with Gasteiger partial charge in [0, 0.05) is 37.6 Å². The monoisotopic (exact) mass is 492 g/mol. The molecule has 0 radical (unpaired) electrons. The highest BCUT2D eigenvalue weighted by Gasteiger charge is 2.37. The van der Waals surface area contributed by atoms with Crippen molar-refractivity contribution < 1.29 is 22.7 Å². The van der Waals surface area contributed by atoms with Gasteiger partial charge in [0.1, 0.15) is 9.96 Å². The highest BCUT2D eigenvalue weighted by molar-refractivity contribution is 7.91. The van der Waals surface area contributed by atoms with Gasteiger partial charge in [0.05, 0.1) is 19.8 Å². The van der Waals surface area contributed by atoms with Gasteiger partial charge in [-0.3, -0.25) is 4.90 Å². The molecule has 2 aliphatic heterocycles. The first-order valence-corrected chi connectivity index (χ1v) is 13.6. The van der Waals surface area contributed by atoms with Crippen LogP contribution in [0.25, 0.3) is 0 Å². The van der Waals surface area contributed by atoms with Crippen molar-refractivity contribution >= 4 is 27.3 Å². The third-order valence-corrected chi connectivity index (χ3v) is 10.2. The summed E-state index contributed by atoms with van der Waals surface area (Å²) in [6.07, 6.45) is 3.37. The quantitative estimate of drug-likeness (QED) is 0.570. The van der Waals surface area contributed by atoms with Crippen LogP contribution in [0.5, 0.6) is 5.75 Å². The summed E-state index contributed by atoms with van der Waals surface area (Å²) in [5, 5.41) is 0. The molecule has 1 fully saturated rings. The lowest BCUT2D eigenvalue weighted by Crippen LogP contribution is -2.36. The Labute approximate surface area is 200 Å². The van der Waals surface area contributed by atoms with Crippen LogP contribution in [0.2, 0.25) is 0 Å². The minimum atomic E-state index is -3.72. The molecule has 0 amide bonds. The van der Waals surface area contributed by atoms with E-state index in [1.165, 1.54) is 28.3 Å². The number of nitrogens with zero attached hydrogens (tertiary/aromatic N) is 2. The van der Waals surface area contributed by atoms with Crippen molar-refractivity contribution in [2.24, 2.45) is 0 Å². The lowest BCUT2D eigenvalue weighted by molar-refractivity contribution is 0.0595. The second-order valence-electron chi connectivity index (χ2n) is 8.83. The molecule has 4 rings (SSSR count). The highest BCUT2D eigenvalue weighted by atomic mass is 32.2. The zero-order chi connectivity index (χ0) is 23.8. The number of fused-ring (bicyclic) bond motifs is 1. The number of methoxy groups -OCH3 is 2. The molecule has 1 aromatic carbocycles. The summed E-state index contributed by atoms with van der Waals surface area (Å²) >= 11 is 1.24. The number of ether oxygens (including phenoxy) is 2. The van der Waals surface area contributed by atoms with Gasteiger partial charge in [-0.25, -0.2) is 13.2 Å². The van der Waals surface area contributed by atoms with Gasteiger partial charge in [-0.05, 0) is 61.4 Å². The standard InChI is InChI=1S/C24H32N2O5S2/c1-16-13-20(30-3)17(2)12-18(16)14-25-11-8-19-21(15-25)32-24(22(19)23(27)31-4)33(28,29)26-9-6-5-7-10-26/h12-13H,5-11,14-15H2,1-4H3. The number of carbonyl (C=O) groups is 1. The number of thiophene rings is 1. The zero-order valence-corrected chi connectivity index (χ0v) is 21.4. The van der Waals surface area contributed by atoms with E-state index in [4.69, 9.17) is 9.47 Å². The first kappa shape index (κ1) is 24.2. The highest BCUT2D eigenvalue weighted by Crippen LogP contribution is 2.39. The number of rotatable bonds is 6. The van der Waals surface area contributed by atoms with Gasteiger partial charge in [-0.1, -0.05) is 12.5 Å². The number of aryl methyl sites for hydroxylation is 2. The van der Waals surface area contributed by atoms with Crippen LogP contribution < -0.4 is 4.74 Å². The normalized spacial score (nSPS) is 17.6. The van der Waals surface area contributed by atoms with E-state index < -0.39 is 16.0 Å². The van der Waals surface area contributed by atoms with E-state index >= 15 is 0 Å². The maximum Gasteiger partial charge on any atom is 0.340 e. The molecular weight excluding hydrogens is 460 g/mol. The molecule has 1 saturated heterocycles. The fourth-order valence-corrected chi connectivity index (χ4v) is 8.34. The van der Waals surface area contributed by atoms with Crippen molar-refractivity contribution in [1.29, 1.82) is 0 Å². The van der Waals surface area contributed by atoms with Crippen LogP contribution in [-0.4, -0.2) is 57.4 Å². The Balaban J connectivity index is 1.64. The third kappa shape index (κ3) is 4.69. The summed E-state index contributed by atoms with van der Waals surface area (Å²) in [5.74, 6) is 0.323. The van der Waals surface area contributed by atoms with Crippen molar-refractivity contribution in [3.8, 4) is 5.75 Å². The number of hydrogen-bond acceptors (Lipinski definition) is 7. The van der Waals surface area contributed by atoms with Crippen molar-refractivity contribution in [3.05, 3.63) is 44.8 Å². The molecule has 3 heterocycles. The number of esters is 1. The summed E-state index contributed by atoms with van der Waals surface area (Å²) in [4.78, 5) is 15.9. The Morgan fingerprint density at radius 3 is 2.45 bits per heavy atom. The fraction of sp³-hybridized carbons (Fsp3) is 0.542. The van der Waals surface area contributed by atoms with Gasteiger partial charge in [0.15, 0.2) is 0 Å². The molecule has 0 spiro atoms. The van der Waals surface area contributed by atoms with E-state index in [2.05, 4.69) is 24.0 Å². The molecule has 1 aromatic heterocycles. The van der Waals surface area contributed by atoms with Gasteiger partial charge < -0.3 is 9.47 Å². The Morgan fingerprint density at radius 1 is 1.06 bits per heavy atom. The first-order chi connectivity index (χ1) is 15.8. The van der Waals surface area contributed by atoms with Crippen molar-refractivity contribution in [2.45, 2.75) is 56.8 Å². The molecule has 0 bridgehead atoms. The second-order valence-corrected chi connectivity index (χ2v) is 12.1. The van der Waals surface area contributed by atoms with Crippen molar-refractivity contribution in [3.63, 3.8) is 0 Å². The molecule has 9 heteroatoms. The topological polar surface area (TPSA) is 76.2 Å². The van der Waals surface area contributed by atoms with Crippen LogP contribution in [0, 0.1) is 13.8 Å². The van der Waals surface area contributed by atoms with E-state index in [1.807, 2.05) is 6.92 Å². The van der Waals surface area contributed by atoms with Crippen LogP contribution >= 0.6 is 11.3 Å². The smallest absolute Gasteiger partial charge is 0.340 e. The molecule has 0 unspecified atom stereocenters. The number of sulfonamides is 1. The molecule has 0 aliphatic carbocycles. The Morgan fingerprint density at radius 2 is 1.79 bits per heavy atom. The zero-order valence-electron chi connectivity index (χ0n) is 19.8. The molecule has 33 heavy (non-hydrogen) atoms. The van der Waals surface area contributed by atoms with E-state index in [1.54, 1.807) is 7.11 Å². The maximum atomic E-state index is 13.5. The van der Waals surface area contributed by atoms with Crippen LogP contribution in [0.4, 0.5) is 0 Å². The largest absolute Gasteiger partial charge is 0.496 e. The number of piperidine rings is 1. The molecular formula is C24H32N2O5S2. The summed E-state index contributed by atoms with van der Waals surface area (Å²) in [6.45, 7) is 7.26. The van der Waals surface area contributed by atoms with Crippen molar-refractivity contribution in [2.75, 3.05) is 33.9 Å². The molecule has 180 valence electrons. The molecule has 2 aromatic rings. The summed E-state index contributed by atoms with van der Waals surface area (Å²) in [7, 11) is -0.727. The molecule has 0 saturated carbocycles. The maximum absolute atomic E-state index is 13.5. The van der Waals surface area contributed by atoms with Crippen LogP contribution in [0.15, 0.2) is 16.3 Å². The average molecular weight is 493 g/mol. The van der Waals surface area contributed by atoms with Gasteiger partial charge in [0.2, 0.25) is 0 Å². The van der Waals surface area contributed by atoms with Gasteiger partial charge in [-0.2, -0.15) is 4.31 Å².